The summed E-state index contributed by atoms with van der Waals surface area (Å²) in [5, 5.41) is 26.8. The van der Waals surface area contributed by atoms with Crippen molar-refractivity contribution in [3.05, 3.63) is 47.2 Å². The van der Waals surface area contributed by atoms with E-state index in [1.54, 1.807) is 51.1 Å². The number of fused-ring (bicyclic) bond motifs is 1. The number of ether oxygens (including phenoxy) is 1. The Kier molecular flexibility index (Phi) is 13.8. The molecule has 4 rings (SSSR count). The minimum absolute atomic E-state index is 0. The molecular formula is C23H25N7Na2O9S3. The van der Waals surface area contributed by atoms with Crippen LogP contribution < -0.4 is 74.9 Å². The maximum absolute atomic E-state index is 13.3. The number of rotatable bonds is 10. The summed E-state index contributed by atoms with van der Waals surface area (Å²) in [4.78, 5) is 52.0. The summed E-state index contributed by atoms with van der Waals surface area (Å²) in [6.07, 6.45) is -0.844. The van der Waals surface area contributed by atoms with Gasteiger partial charge in [-0.15, -0.1) is 16.9 Å². The Bertz CT molecular complexity index is 1530. The van der Waals surface area contributed by atoms with E-state index < -0.39 is 62.9 Å². The number of β-lactam (4-membered cyclic amide) rings is 1. The van der Waals surface area contributed by atoms with Crippen LogP contribution in [0.4, 0.5) is 4.79 Å². The first kappa shape index (κ1) is 38.5. The number of carboxylic acids is 1. The molecule has 2 N–H and O–H groups in total. The maximum atomic E-state index is 13.3. The van der Waals surface area contributed by atoms with Crippen molar-refractivity contribution in [3.8, 4) is 0 Å². The first-order valence-electron chi connectivity index (χ1n) is 12.2. The average molecular weight is 686 g/mol. The number of aliphatic carboxylic acids is 1. The number of amides is 3. The Hall–Kier alpha value is -1.68. The van der Waals surface area contributed by atoms with Crippen molar-refractivity contribution in [2.45, 2.75) is 54.9 Å². The van der Waals surface area contributed by atoms with Gasteiger partial charge in [0.25, 0.3) is 5.91 Å². The third-order valence-electron chi connectivity index (χ3n) is 5.75. The van der Waals surface area contributed by atoms with Gasteiger partial charge in [-0.2, -0.15) is 0 Å². The number of carbonyl (C=O) groups excluding carboxylic acids is 4. The number of benzene rings is 1. The van der Waals surface area contributed by atoms with Crippen LogP contribution in [0.3, 0.4) is 0 Å². The van der Waals surface area contributed by atoms with Crippen molar-refractivity contribution < 1.29 is 101 Å². The Morgan fingerprint density at radius 2 is 1.86 bits per heavy atom. The molecule has 226 valence electrons. The first-order chi connectivity index (χ1) is 19.6. The van der Waals surface area contributed by atoms with E-state index in [0.29, 0.717) is 5.56 Å². The molecule has 44 heavy (non-hydrogen) atoms. The number of hydrogen-bond donors (Lipinski definition) is 2. The number of nitrogens with one attached hydrogen (secondary N) is 2. The van der Waals surface area contributed by atoms with Gasteiger partial charge in [-0.05, 0) is 42.3 Å². The molecular weight excluding hydrogens is 660 g/mol. The maximum Gasteiger partial charge on any atom is 1.00 e. The standard InChI is InChI=1S/C23H27N7O9S3.2Na/c1-23(2,3)39-22(35)25-14(12-7-5-4-6-8-12)17(31)24-15-18(32)30-16(20(33)34)13(9-40-19(15)30)10-41-21-26-27-28-29(21)11-42(36,37)38;;/h4-8,14-15,19H,9-11H2,1-3H3,(H,24,31)(H,25,35)(H,33,34)(H,36,37,38);;/q;2*+1/p-2/t14-,15?,19-;;/m1../s1. The van der Waals surface area contributed by atoms with Crippen LogP contribution in [0.15, 0.2) is 46.8 Å². The van der Waals surface area contributed by atoms with E-state index in [-0.39, 0.29) is 87.0 Å². The Labute approximate surface area is 305 Å². The molecule has 0 radical (unpaired) electrons. The molecule has 1 fully saturated rings. The van der Waals surface area contributed by atoms with Gasteiger partial charge in [0, 0.05) is 11.5 Å². The van der Waals surface area contributed by atoms with E-state index in [0.717, 1.165) is 21.3 Å². The van der Waals surface area contributed by atoms with Crippen molar-refractivity contribution >= 4 is 57.5 Å². The number of alkyl carbamates (subject to hydrolysis) is 1. The molecule has 2 aliphatic rings. The molecule has 3 amide bonds. The van der Waals surface area contributed by atoms with Crippen LogP contribution in [0.25, 0.3) is 0 Å². The monoisotopic (exact) mass is 685 g/mol. The van der Waals surface area contributed by atoms with Crippen molar-refractivity contribution in [2.24, 2.45) is 0 Å². The Morgan fingerprint density at radius 3 is 2.45 bits per heavy atom. The summed E-state index contributed by atoms with van der Waals surface area (Å²) in [7, 11) is -4.69. The molecule has 3 atom stereocenters. The van der Waals surface area contributed by atoms with Crippen LogP contribution in [0.2, 0.25) is 0 Å². The minimum Gasteiger partial charge on any atom is -0.747 e. The fourth-order valence-corrected chi connectivity index (χ4v) is 6.99. The van der Waals surface area contributed by atoms with Gasteiger partial charge >= 0.3 is 65.2 Å². The van der Waals surface area contributed by atoms with Gasteiger partial charge in [-0.25, -0.2) is 17.9 Å². The molecule has 1 unspecified atom stereocenters. The van der Waals surface area contributed by atoms with Crippen molar-refractivity contribution in [1.29, 1.82) is 0 Å². The molecule has 1 aromatic carbocycles. The molecule has 1 aromatic heterocycles. The second-order valence-corrected chi connectivity index (χ2v) is 13.5. The molecule has 0 saturated carbocycles. The van der Waals surface area contributed by atoms with Crippen molar-refractivity contribution in [3.63, 3.8) is 0 Å². The largest absolute Gasteiger partial charge is 1.00 e. The predicted molar refractivity (Wildman–Crippen MR) is 144 cm³/mol. The summed E-state index contributed by atoms with van der Waals surface area (Å²) in [5.74, 6) is -3.97. The van der Waals surface area contributed by atoms with E-state index in [2.05, 4.69) is 26.2 Å². The zero-order valence-corrected chi connectivity index (χ0v) is 30.8. The van der Waals surface area contributed by atoms with E-state index in [9.17, 15) is 37.3 Å². The van der Waals surface area contributed by atoms with Gasteiger partial charge in [-0.3, -0.25) is 14.5 Å². The zero-order chi connectivity index (χ0) is 30.8. The number of carboxylic acid groups (broad SMARTS) is 1. The molecule has 3 heterocycles. The average Bonchev–Trinajstić information content (AvgIpc) is 3.32. The molecule has 16 nitrogen and oxygen atoms in total. The summed E-state index contributed by atoms with van der Waals surface area (Å²) in [6.45, 7) is 5.00. The van der Waals surface area contributed by atoms with Gasteiger partial charge in [0.1, 0.15) is 39.1 Å². The molecule has 0 aliphatic carbocycles. The second kappa shape index (κ2) is 15.7. The van der Waals surface area contributed by atoms with Crippen molar-refractivity contribution in [2.75, 3.05) is 11.5 Å². The summed E-state index contributed by atoms with van der Waals surface area (Å²) < 4.78 is 39.3. The zero-order valence-electron chi connectivity index (χ0n) is 24.4. The van der Waals surface area contributed by atoms with E-state index in [1.165, 1.54) is 11.8 Å². The quantitative estimate of drug-likeness (QED) is 0.103. The van der Waals surface area contributed by atoms with Crippen LogP contribution in [0.5, 0.6) is 0 Å². The summed E-state index contributed by atoms with van der Waals surface area (Å²) in [5.41, 5.74) is -0.506. The van der Waals surface area contributed by atoms with Crippen molar-refractivity contribution in [1.82, 2.24) is 35.7 Å². The smallest absolute Gasteiger partial charge is 0.747 e. The Morgan fingerprint density at radius 1 is 1.20 bits per heavy atom. The molecule has 21 heteroatoms. The van der Waals surface area contributed by atoms with Gasteiger partial charge in [0.2, 0.25) is 11.1 Å². The fourth-order valence-electron chi connectivity index (χ4n) is 4.07. The molecule has 1 saturated heterocycles. The summed E-state index contributed by atoms with van der Waals surface area (Å²) in [6, 6.07) is 6.03. The van der Waals surface area contributed by atoms with E-state index >= 15 is 0 Å². The van der Waals surface area contributed by atoms with Gasteiger partial charge < -0.3 is 29.8 Å². The third-order valence-corrected chi connectivity index (χ3v) is 8.69. The predicted octanol–water partition coefficient (Wildman–Crippen LogP) is -7.05. The van der Waals surface area contributed by atoms with E-state index in [1.807, 2.05) is 0 Å². The second-order valence-electron chi connectivity index (χ2n) is 10.1. The Balaban J connectivity index is 0.00000337. The van der Waals surface area contributed by atoms with E-state index in [4.69, 9.17) is 4.74 Å². The number of nitrogens with zero attached hydrogens (tertiary/aromatic N) is 5. The van der Waals surface area contributed by atoms with Gasteiger partial charge in [0.05, 0.1) is 11.7 Å². The first-order valence-corrected chi connectivity index (χ1v) is 15.8. The third kappa shape index (κ3) is 9.66. The molecule has 2 aliphatic heterocycles. The van der Waals surface area contributed by atoms with Gasteiger partial charge in [-0.1, -0.05) is 42.1 Å². The molecule has 0 bridgehead atoms. The van der Waals surface area contributed by atoms with Crippen LogP contribution >= 0.6 is 23.5 Å². The number of thioether (sulfide) groups is 2. The molecule has 0 spiro atoms. The number of tetrazole rings is 1. The molecule has 2 aromatic rings. The van der Waals surface area contributed by atoms with Crippen LogP contribution in [0, 0.1) is 0 Å². The number of carbonyl (C=O) groups is 4. The topological polar surface area (TPSA) is 229 Å². The SMILES string of the molecule is CC(C)(C)OC(=O)N[C@@H](C(=O)NC1C(=O)N2C(C(=O)[O-])=C(CSc3nnnn3CS(=O)(=O)[O-])CS[C@H]12)c1ccccc1.[Na+].[Na+]. The van der Waals surface area contributed by atoms with Crippen LogP contribution in [-0.4, -0.2) is 90.5 Å². The van der Waals surface area contributed by atoms with Crippen LogP contribution in [-0.2, 0) is 35.1 Å². The fraction of sp³-hybridized carbons (Fsp3) is 0.435. The van der Waals surface area contributed by atoms with Crippen LogP contribution in [0.1, 0.15) is 32.4 Å². The number of aromatic nitrogens is 4. The van der Waals surface area contributed by atoms with Gasteiger partial charge in [0.15, 0.2) is 0 Å². The minimum atomic E-state index is -4.69. The summed E-state index contributed by atoms with van der Waals surface area (Å²) >= 11 is 2.06. The normalized spacial score (nSPS) is 18.5. The number of hydrogen-bond acceptors (Lipinski definition) is 14.